The number of nitrogens with zero attached hydrogens (tertiary/aromatic N) is 1. The van der Waals surface area contributed by atoms with Gasteiger partial charge in [0.1, 0.15) is 0 Å². The number of aliphatic hydroxyl groups is 1. The zero-order valence-electron chi connectivity index (χ0n) is 11.3. The molecule has 0 unspecified atom stereocenters. The Balaban J connectivity index is 2.39. The second-order valence-corrected chi connectivity index (χ2v) is 5.95. The molecule has 0 aliphatic rings. The molecular weight excluding hydrogens is 282 g/mol. The van der Waals surface area contributed by atoms with Crippen LogP contribution < -0.4 is 0 Å². The highest BCUT2D eigenvalue weighted by atomic mass is 35.5. The molecule has 0 aromatic heterocycles. The number of carbonyl (C=O) groups excluding carboxylic acids is 1. The maximum Gasteiger partial charge on any atom is 0.232 e. The third kappa shape index (κ3) is 5.85. The number of rotatable bonds is 7. The highest BCUT2D eigenvalue weighted by Crippen LogP contribution is 2.16. The van der Waals surface area contributed by atoms with Crippen LogP contribution in [0.5, 0.6) is 0 Å². The van der Waals surface area contributed by atoms with Gasteiger partial charge in [0.25, 0.3) is 0 Å². The Morgan fingerprint density at radius 3 is 2.53 bits per heavy atom. The summed E-state index contributed by atoms with van der Waals surface area (Å²) in [4.78, 5) is 13.7. The van der Waals surface area contributed by atoms with E-state index in [1.54, 1.807) is 16.7 Å². The van der Waals surface area contributed by atoms with Crippen LogP contribution >= 0.6 is 23.4 Å². The minimum atomic E-state index is 0.00573. The van der Waals surface area contributed by atoms with E-state index in [-0.39, 0.29) is 18.6 Å². The summed E-state index contributed by atoms with van der Waals surface area (Å²) in [5.74, 6) is 1.29. The number of hydrogen-bond donors (Lipinski definition) is 1. The molecule has 106 valence electrons. The van der Waals surface area contributed by atoms with Crippen LogP contribution in [0.1, 0.15) is 19.4 Å². The Hall–Kier alpha value is -0.710. The third-order valence-electron chi connectivity index (χ3n) is 2.69. The minimum Gasteiger partial charge on any atom is -0.395 e. The first-order chi connectivity index (χ1) is 9.04. The fourth-order valence-corrected chi connectivity index (χ4v) is 2.69. The van der Waals surface area contributed by atoms with Crippen LogP contribution in [-0.4, -0.2) is 40.9 Å². The van der Waals surface area contributed by atoms with Crippen LogP contribution in [0.4, 0.5) is 0 Å². The van der Waals surface area contributed by atoms with Crippen molar-refractivity contribution in [3.8, 4) is 0 Å². The molecule has 3 nitrogen and oxygen atoms in total. The third-order valence-corrected chi connectivity index (χ3v) is 3.93. The van der Waals surface area contributed by atoms with Gasteiger partial charge in [0.2, 0.25) is 5.91 Å². The number of benzene rings is 1. The molecule has 1 N–H and O–H groups in total. The average molecular weight is 302 g/mol. The molecule has 5 heteroatoms. The van der Waals surface area contributed by atoms with Crippen LogP contribution in [0, 0.1) is 0 Å². The van der Waals surface area contributed by atoms with Crippen molar-refractivity contribution >= 4 is 29.3 Å². The van der Waals surface area contributed by atoms with Crippen molar-refractivity contribution in [2.75, 3.05) is 18.9 Å². The summed E-state index contributed by atoms with van der Waals surface area (Å²) in [5, 5.41) is 9.67. The van der Waals surface area contributed by atoms with Gasteiger partial charge in [-0.1, -0.05) is 23.7 Å². The molecule has 1 rings (SSSR count). The number of thioether (sulfide) groups is 1. The van der Waals surface area contributed by atoms with Gasteiger partial charge in [0.15, 0.2) is 0 Å². The van der Waals surface area contributed by atoms with Gasteiger partial charge in [0.05, 0.1) is 12.4 Å². The van der Waals surface area contributed by atoms with Crippen LogP contribution in [0.2, 0.25) is 5.02 Å². The number of aliphatic hydroxyl groups excluding tert-OH is 1. The molecule has 0 spiro atoms. The van der Waals surface area contributed by atoms with Gasteiger partial charge >= 0.3 is 0 Å². The molecule has 1 aromatic rings. The maximum absolute atomic E-state index is 12.0. The highest BCUT2D eigenvalue weighted by molar-refractivity contribution is 7.99. The highest BCUT2D eigenvalue weighted by Gasteiger charge is 2.15. The number of hydrogen-bond acceptors (Lipinski definition) is 3. The Labute approximate surface area is 123 Å². The first-order valence-electron chi connectivity index (χ1n) is 6.27. The first-order valence-corrected chi connectivity index (χ1v) is 7.80. The Morgan fingerprint density at radius 1 is 1.37 bits per heavy atom. The van der Waals surface area contributed by atoms with Gasteiger partial charge < -0.3 is 10.0 Å². The van der Waals surface area contributed by atoms with Crippen molar-refractivity contribution in [3.05, 3.63) is 34.9 Å². The zero-order chi connectivity index (χ0) is 14.3. The van der Waals surface area contributed by atoms with Crippen LogP contribution in [0.3, 0.4) is 0 Å². The second-order valence-electron chi connectivity index (χ2n) is 4.52. The molecule has 1 amide bonds. The molecular formula is C14H20ClNO2S. The number of carbonyl (C=O) groups is 1. The van der Waals surface area contributed by atoms with Crippen LogP contribution in [-0.2, 0) is 10.5 Å². The molecule has 1 aromatic carbocycles. The van der Waals surface area contributed by atoms with E-state index in [9.17, 15) is 4.79 Å². The summed E-state index contributed by atoms with van der Waals surface area (Å²) < 4.78 is 0. The largest absolute Gasteiger partial charge is 0.395 e. The summed E-state index contributed by atoms with van der Waals surface area (Å²) in [5.41, 5.74) is 1.15. The van der Waals surface area contributed by atoms with E-state index in [0.29, 0.717) is 12.3 Å². The van der Waals surface area contributed by atoms with Gasteiger partial charge in [-0.3, -0.25) is 4.79 Å². The molecule has 0 aliphatic heterocycles. The molecule has 0 bridgehead atoms. The summed E-state index contributed by atoms with van der Waals surface area (Å²) >= 11 is 7.39. The molecule has 0 saturated heterocycles. The van der Waals surface area contributed by atoms with Crippen molar-refractivity contribution in [1.29, 1.82) is 0 Å². The van der Waals surface area contributed by atoms with Crippen molar-refractivity contribution in [3.63, 3.8) is 0 Å². The molecule has 0 heterocycles. The molecule has 19 heavy (non-hydrogen) atoms. The van der Waals surface area contributed by atoms with E-state index < -0.39 is 0 Å². The maximum atomic E-state index is 12.0. The Morgan fingerprint density at radius 2 is 2.00 bits per heavy atom. The molecule has 0 radical (unpaired) electrons. The Bertz CT molecular complexity index is 395. The van der Waals surface area contributed by atoms with Crippen molar-refractivity contribution in [1.82, 2.24) is 4.90 Å². The minimum absolute atomic E-state index is 0.00573. The molecule has 0 atom stereocenters. The molecule has 0 fully saturated rings. The van der Waals surface area contributed by atoms with E-state index in [1.807, 2.05) is 38.1 Å². The van der Waals surface area contributed by atoms with Gasteiger partial charge in [-0.05, 0) is 31.5 Å². The monoisotopic (exact) mass is 301 g/mol. The van der Waals surface area contributed by atoms with Crippen molar-refractivity contribution in [2.45, 2.75) is 25.6 Å². The fraction of sp³-hybridized carbons (Fsp3) is 0.500. The van der Waals surface area contributed by atoms with Crippen molar-refractivity contribution in [2.24, 2.45) is 0 Å². The SMILES string of the molecule is CC(C)N(CCO)C(=O)CSCc1ccc(Cl)cc1. The number of halogens is 1. The topological polar surface area (TPSA) is 40.5 Å². The second kappa shape index (κ2) is 8.46. The van der Waals surface area contributed by atoms with E-state index in [2.05, 4.69) is 0 Å². The van der Waals surface area contributed by atoms with Crippen LogP contribution in [0.15, 0.2) is 24.3 Å². The van der Waals surface area contributed by atoms with Crippen LogP contribution in [0.25, 0.3) is 0 Å². The average Bonchev–Trinajstić information content (AvgIpc) is 2.37. The molecule has 0 saturated carbocycles. The number of amides is 1. The van der Waals surface area contributed by atoms with Gasteiger partial charge in [-0.25, -0.2) is 0 Å². The van der Waals surface area contributed by atoms with Gasteiger partial charge in [-0.15, -0.1) is 11.8 Å². The molecule has 0 aliphatic carbocycles. The lowest BCUT2D eigenvalue weighted by Gasteiger charge is -2.25. The van der Waals surface area contributed by atoms with E-state index in [0.717, 1.165) is 16.3 Å². The standard InChI is InChI=1S/C14H20ClNO2S/c1-11(2)16(7-8-17)14(18)10-19-9-12-3-5-13(15)6-4-12/h3-6,11,17H,7-10H2,1-2H3. The lowest BCUT2D eigenvalue weighted by atomic mass is 10.2. The zero-order valence-corrected chi connectivity index (χ0v) is 12.9. The predicted molar refractivity (Wildman–Crippen MR) is 81.5 cm³/mol. The summed E-state index contributed by atoms with van der Waals surface area (Å²) in [6.07, 6.45) is 0. The normalized spacial score (nSPS) is 10.8. The van der Waals surface area contributed by atoms with E-state index in [4.69, 9.17) is 16.7 Å². The van der Waals surface area contributed by atoms with E-state index >= 15 is 0 Å². The predicted octanol–water partition coefficient (Wildman–Crippen LogP) is 2.80. The lowest BCUT2D eigenvalue weighted by Crippen LogP contribution is -2.40. The smallest absolute Gasteiger partial charge is 0.232 e. The summed E-state index contributed by atoms with van der Waals surface area (Å²) in [7, 11) is 0. The van der Waals surface area contributed by atoms with Gasteiger partial charge in [0, 0.05) is 23.4 Å². The van der Waals surface area contributed by atoms with Gasteiger partial charge in [-0.2, -0.15) is 0 Å². The quantitative estimate of drug-likeness (QED) is 0.842. The lowest BCUT2D eigenvalue weighted by molar-refractivity contribution is -0.130. The fourth-order valence-electron chi connectivity index (χ4n) is 1.70. The van der Waals surface area contributed by atoms with E-state index in [1.165, 1.54) is 0 Å². The first kappa shape index (κ1) is 16.3. The summed E-state index contributed by atoms with van der Waals surface area (Å²) in [6.45, 7) is 4.32. The summed E-state index contributed by atoms with van der Waals surface area (Å²) in [6, 6.07) is 7.76. The van der Waals surface area contributed by atoms with Crippen molar-refractivity contribution < 1.29 is 9.90 Å². The Kier molecular flexibility index (Phi) is 7.28.